The molecule has 0 aliphatic heterocycles. The number of imidazole rings is 1. The largest absolute Gasteiger partial charge is 0.497 e. The minimum Gasteiger partial charge on any atom is -0.497 e. The fourth-order valence-corrected chi connectivity index (χ4v) is 2.08. The van der Waals surface area contributed by atoms with Crippen molar-refractivity contribution in [2.75, 3.05) is 12.8 Å². The number of fused-ring (bicyclic) bond motifs is 1. The number of nitrogen functional groups attached to an aromatic ring is 1. The molecule has 2 heterocycles. The number of ether oxygens (including phenoxy) is 1. The van der Waals surface area contributed by atoms with Gasteiger partial charge < -0.3 is 15.0 Å². The molecule has 2 aromatic heterocycles. The summed E-state index contributed by atoms with van der Waals surface area (Å²) < 4.78 is 6.96. The maximum atomic E-state index is 9.06. The van der Waals surface area contributed by atoms with E-state index in [1.165, 1.54) is 0 Å². The number of methoxy groups -OCH3 is 1. The van der Waals surface area contributed by atoms with Gasteiger partial charge in [-0.25, -0.2) is 4.98 Å². The molecule has 0 bridgehead atoms. The molecule has 104 valence electrons. The molecule has 7 heteroatoms. The van der Waals surface area contributed by atoms with Crippen LogP contribution in [0.25, 0.3) is 11.2 Å². The summed E-state index contributed by atoms with van der Waals surface area (Å²) in [7, 11) is 1.63. The van der Waals surface area contributed by atoms with E-state index in [1.807, 2.05) is 34.9 Å². The lowest BCUT2D eigenvalue weighted by Crippen LogP contribution is -2.03. The summed E-state index contributed by atoms with van der Waals surface area (Å²) in [5.74, 6) is 0.864. The number of hydrogen-bond acceptors (Lipinski definition) is 6. The van der Waals surface area contributed by atoms with Crippen molar-refractivity contribution >= 4 is 17.1 Å². The quantitative estimate of drug-likeness (QED) is 0.776. The Morgan fingerprint density at radius 3 is 2.71 bits per heavy atom. The topological polar surface area (TPSA) is 103 Å². The summed E-state index contributed by atoms with van der Waals surface area (Å²) in [4.78, 5) is 12.2. The summed E-state index contributed by atoms with van der Waals surface area (Å²) in [6, 6.07) is 9.67. The monoisotopic (exact) mass is 280 g/mol. The number of nitrogens with zero attached hydrogens (tertiary/aromatic N) is 5. The first-order chi connectivity index (χ1) is 10.2. The van der Waals surface area contributed by atoms with Crippen LogP contribution in [0, 0.1) is 11.3 Å². The van der Waals surface area contributed by atoms with E-state index < -0.39 is 0 Å². The van der Waals surface area contributed by atoms with E-state index in [-0.39, 0.29) is 11.6 Å². The van der Waals surface area contributed by atoms with Gasteiger partial charge in [0.1, 0.15) is 17.3 Å². The van der Waals surface area contributed by atoms with Crippen LogP contribution in [0.15, 0.2) is 30.6 Å². The molecule has 0 saturated heterocycles. The minimum absolute atomic E-state index is 0.0653. The molecule has 2 N–H and O–H groups in total. The second kappa shape index (κ2) is 5.09. The highest BCUT2D eigenvalue weighted by molar-refractivity contribution is 5.77. The van der Waals surface area contributed by atoms with Gasteiger partial charge in [-0.2, -0.15) is 15.2 Å². The van der Waals surface area contributed by atoms with Crippen molar-refractivity contribution in [1.29, 1.82) is 5.26 Å². The Labute approximate surface area is 120 Å². The minimum atomic E-state index is 0.0653. The van der Waals surface area contributed by atoms with E-state index in [0.29, 0.717) is 17.7 Å². The van der Waals surface area contributed by atoms with Crippen LogP contribution in [-0.4, -0.2) is 26.6 Å². The molecule has 0 atom stereocenters. The highest BCUT2D eigenvalue weighted by atomic mass is 16.5. The maximum Gasteiger partial charge on any atom is 0.223 e. The van der Waals surface area contributed by atoms with Gasteiger partial charge in [-0.3, -0.25) is 0 Å². The van der Waals surface area contributed by atoms with E-state index in [0.717, 1.165) is 11.3 Å². The van der Waals surface area contributed by atoms with Crippen molar-refractivity contribution < 1.29 is 4.74 Å². The maximum absolute atomic E-state index is 9.06. The highest BCUT2D eigenvalue weighted by Gasteiger charge is 2.12. The Morgan fingerprint density at radius 1 is 1.29 bits per heavy atom. The summed E-state index contributed by atoms with van der Waals surface area (Å²) in [6.07, 6.45) is 1.63. The van der Waals surface area contributed by atoms with Crippen LogP contribution in [-0.2, 0) is 6.54 Å². The normalized spacial score (nSPS) is 10.5. The molecule has 3 aromatic rings. The summed E-state index contributed by atoms with van der Waals surface area (Å²) >= 11 is 0. The fourth-order valence-electron chi connectivity index (χ4n) is 2.08. The van der Waals surface area contributed by atoms with Crippen LogP contribution in [0.4, 0.5) is 5.95 Å². The molecule has 0 fully saturated rings. The van der Waals surface area contributed by atoms with E-state index in [1.54, 1.807) is 13.4 Å². The molecule has 0 unspecified atom stereocenters. The molecule has 0 amide bonds. The zero-order valence-corrected chi connectivity index (χ0v) is 11.3. The van der Waals surface area contributed by atoms with Gasteiger partial charge in [-0.15, -0.1) is 0 Å². The number of hydrogen-bond donors (Lipinski definition) is 1. The van der Waals surface area contributed by atoms with Crippen LogP contribution in [0.2, 0.25) is 0 Å². The van der Waals surface area contributed by atoms with Gasteiger partial charge in [-0.05, 0) is 17.7 Å². The van der Waals surface area contributed by atoms with Crippen molar-refractivity contribution in [3.8, 4) is 11.8 Å². The molecular formula is C14H12N6O. The second-order valence-electron chi connectivity index (χ2n) is 4.43. The first-order valence-corrected chi connectivity index (χ1v) is 6.22. The molecular weight excluding hydrogens is 268 g/mol. The third-order valence-corrected chi connectivity index (χ3v) is 3.10. The second-order valence-corrected chi connectivity index (χ2v) is 4.43. The number of anilines is 1. The molecule has 7 nitrogen and oxygen atoms in total. The SMILES string of the molecule is COc1ccc(Cn2cnc3c(C#N)nc(N)nc32)cc1. The Balaban J connectivity index is 2.01. The molecule has 0 aliphatic carbocycles. The first-order valence-electron chi connectivity index (χ1n) is 6.22. The Bertz CT molecular complexity index is 831. The Kier molecular flexibility index (Phi) is 3.12. The van der Waals surface area contributed by atoms with Crippen molar-refractivity contribution in [2.45, 2.75) is 6.54 Å². The average Bonchev–Trinajstić information content (AvgIpc) is 2.90. The third kappa shape index (κ3) is 2.34. The molecule has 1 aromatic carbocycles. The van der Waals surface area contributed by atoms with E-state index in [4.69, 9.17) is 15.7 Å². The van der Waals surface area contributed by atoms with E-state index in [9.17, 15) is 0 Å². The predicted octanol–water partition coefficient (Wildman–Crippen LogP) is 1.34. The number of nitriles is 1. The van der Waals surface area contributed by atoms with Gasteiger partial charge in [0.15, 0.2) is 11.3 Å². The molecule has 0 spiro atoms. The average molecular weight is 280 g/mol. The summed E-state index contributed by atoms with van der Waals surface area (Å²) in [6.45, 7) is 0.571. The zero-order chi connectivity index (χ0) is 14.8. The molecule has 0 aliphatic rings. The molecule has 21 heavy (non-hydrogen) atoms. The highest BCUT2D eigenvalue weighted by Crippen LogP contribution is 2.17. The van der Waals surface area contributed by atoms with Crippen molar-refractivity contribution in [3.63, 3.8) is 0 Å². The smallest absolute Gasteiger partial charge is 0.223 e. The lowest BCUT2D eigenvalue weighted by atomic mass is 10.2. The number of nitrogens with two attached hydrogens (primary N) is 1. The lowest BCUT2D eigenvalue weighted by Gasteiger charge is -2.05. The van der Waals surface area contributed by atoms with E-state index in [2.05, 4.69) is 15.0 Å². The van der Waals surface area contributed by atoms with Gasteiger partial charge >= 0.3 is 0 Å². The third-order valence-electron chi connectivity index (χ3n) is 3.10. The Hall–Kier alpha value is -3.14. The molecule has 0 radical (unpaired) electrons. The van der Waals surface area contributed by atoms with E-state index >= 15 is 0 Å². The number of rotatable bonds is 3. The standard InChI is InChI=1S/C14H12N6O/c1-21-10-4-2-9(3-5-10)7-20-8-17-12-11(6-15)18-14(16)19-13(12)20/h2-5,8H,7H2,1H3,(H2,16,18,19). The van der Waals surface area contributed by atoms with Crippen LogP contribution < -0.4 is 10.5 Å². The number of aromatic nitrogens is 4. The van der Waals surface area contributed by atoms with Crippen molar-refractivity contribution in [2.24, 2.45) is 0 Å². The van der Waals surface area contributed by atoms with Gasteiger partial charge in [-0.1, -0.05) is 12.1 Å². The van der Waals surface area contributed by atoms with Gasteiger partial charge in [0.2, 0.25) is 5.95 Å². The number of benzene rings is 1. The summed E-state index contributed by atoms with van der Waals surface area (Å²) in [5.41, 5.74) is 7.88. The predicted molar refractivity (Wildman–Crippen MR) is 76.5 cm³/mol. The van der Waals surface area contributed by atoms with Crippen LogP contribution in [0.3, 0.4) is 0 Å². The van der Waals surface area contributed by atoms with Crippen LogP contribution in [0.5, 0.6) is 5.75 Å². The van der Waals surface area contributed by atoms with Crippen LogP contribution in [0.1, 0.15) is 11.3 Å². The van der Waals surface area contributed by atoms with Gasteiger partial charge in [0.25, 0.3) is 0 Å². The van der Waals surface area contributed by atoms with Crippen molar-refractivity contribution in [3.05, 3.63) is 41.9 Å². The first kappa shape index (κ1) is 12.9. The van der Waals surface area contributed by atoms with Gasteiger partial charge in [0, 0.05) is 0 Å². The zero-order valence-electron chi connectivity index (χ0n) is 11.3. The Morgan fingerprint density at radius 2 is 2.05 bits per heavy atom. The van der Waals surface area contributed by atoms with Crippen molar-refractivity contribution in [1.82, 2.24) is 19.5 Å². The van der Waals surface area contributed by atoms with Crippen LogP contribution >= 0.6 is 0 Å². The molecule has 0 saturated carbocycles. The summed E-state index contributed by atoms with van der Waals surface area (Å²) in [5, 5.41) is 9.06. The fraction of sp³-hybridized carbons (Fsp3) is 0.143. The molecule has 3 rings (SSSR count). The van der Waals surface area contributed by atoms with Gasteiger partial charge in [0.05, 0.1) is 20.0 Å². The lowest BCUT2D eigenvalue weighted by molar-refractivity contribution is 0.414.